The molecule has 2 aromatic carbocycles. The van der Waals surface area contributed by atoms with Crippen LogP contribution in [0.1, 0.15) is 0 Å². The van der Waals surface area contributed by atoms with Crippen LogP contribution in [-0.4, -0.2) is 14.2 Å². The molecular formula is C14H16O3P2S4. The number of benzene rings is 2. The molecule has 124 valence electrons. The molecule has 0 aliphatic rings. The lowest BCUT2D eigenvalue weighted by Crippen LogP contribution is -2.10. The van der Waals surface area contributed by atoms with E-state index in [9.17, 15) is 0 Å². The van der Waals surface area contributed by atoms with Gasteiger partial charge in [-0.15, -0.1) is 24.5 Å². The van der Waals surface area contributed by atoms with Crippen LogP contribution >= 0.6 is 35.4 Å². The molecular weight excluding hydrogens is 406 g/mol. The second-order valence-electron chi connectivity index (χ2n) is 4.47. The average molecular weight is 422 g/mol. The maximum absolute atomic E-state index is 6.10. The van der Waals surface area contributed by atoms with Gasteiger partial charge >= 0.3 is 0 Å². The summed E-state index contributed by atoms with van der Waals surface area (Å²) in [5.74, 6) is 1.27. The van der Waals surface area contributed by atoms with E-state index in [4.69, 9.17) is 37.4 Å². The summed E-state index contributed by atoms with van der Waals surface area (Å²) < 4.78 is 16.8. The van der Waals surface area contributed by atoms with Crippen molar-refractivity contribution in [1.82, 2.24) is 0 Å². The topological polar surface area (TPSA) is 27.7 Å². The molecule has 3 nitrogen and oxygen atoms in total. The summed E-state index contributed by atoms with van der Waals surface area (Å²) >= 11 is 20.5. The summed E-state index contributed by atoms with van der Waals surface area (Å²) in [6.45, 7) is 0. The lowest BCUT2D eigenvalue weighted by molar-refractivity contribution is 0.417. The van der Waals surface area contributed by atoms with Gasteiger partial charge in [0.2, 0.25) is 0 Å². The summed E-state index contributed by atoms with van der Waals surface area (Å²) in [4.78, 5) is 0. The van der Waals surface area contributed by atoms with Crippen LogP contribution in [-0.2, 0) is 27.9 Å². The van der Waals surface area contributed by atoms with Crippen LogP contribution in [0, 0.1) is 0 Å². The minimum Gasteiger partial charge on any atom is -0.496 e. The molecule has 2 aromatic rings. The van der Waals surface area contributed by atoms with Crippen LogP contribution in [0.2, 0.25) is 0 Å². The zero-order chi connectivity index (χ0) is 17.1. The van der Waals surface area contributed by atoms with E-state index in [2.05, 4.69) is 24.5 Å². The number of methoxy groups -OCH3 is 2. The minimum atomic E-state index is -2.70. The largest absolute Gasteiger partial charge is 0.496 e. The first-order valence-electron chi connectivity index (χ1n) is 6.46. The fraction of sp³-hybridized carbons (Fsp3) is 0.143. The smallest absolute Gasteiger partial charge is 0.155 e. The van der Waals surface area contributed by atoms with Gasteiger partial charge in [0.05, 0.1) is 24.8 Å². The third-order valence-electron chi connectivity index (χ3n) is 3.00. The van der Waals surface area contributed by atoms with Crippen LogP contribution in [0.25, 0.3) is 0 Å². The summed E-state index contributed by atoms with van der Waals surface area (Å²) in [6, 6.07) is 14.8. The summed E-state index contributed by atoms with van der Waals surface area (Å²) in [6.07, 6.45) is 0. The zero-order valence-corrected chi connectivity index (χ0v) is 17.7. The van der Waals surface area contributed by atoms with Crippen molar-refractivity contribution in [3.8, 4) is 11.5 Å². The molecule has 0 saturated heterocycles. The Morgan fingerprint density at radius 1 is 0.739 bits per heavy atom. The van der Waals surface area contributed by atoms with Gasteiger partial charge in [0.15, 0.2) is 10.9 Å². The van der Waals surface area contributed by atoms with Crippen molar-refractivity contribution < 1.29 is 13.8 Å². The Balaban J connectivity index is 2.43. The lowest BCUT2D eigenvalue weighted by Gasteiger charge is -2.26. The van der Waals surface area contributed by atoms with Crippen LogP contribution in [0.3, 0.4) is 0 Å². The summed E-state index contributed by atoms with van der Waals surface area (Å²) in [7, 11) is 3.16. The first-order valence-corrected chi connectivity index (χ1v) is 14.2. The first-order chi connectivity index (χ1) is 10.8. The second-order valence-corrected chi connectivity index (χ2v) is 16.3. The number of thiol groups is 2. The van der Waals surface area contributed by atoms with E-state index < -0.39 is 10.9 Å². The molecule has 2 atom stereocenters. The Kier molecular flexibility index (Phi) is 6.66. The Labute approximate surface area is 157 Å². The van der Waals surface area contributed by atoms with Crippen LogP contribution in [0.5, 0.6) is 11.5 Å². The predicted molar refractivity (Wildman–Crippen MR) is 113 cm³/mol. The van der Waals surface area contributed by atoms with Crippen molar-refractivity contribution in [1.29, 1.82) is 0 Å². The molecule has 2 rings (SSSR count). The summed E-state index contributed by atoms with van der Waals surface area (Å²) in [5.41, 5.74) is -5.40. The number of para-hydroxylation sites is 2. The fourth-order valence-electron chi connectivity index (χ4n) is 1.96. The Hall–Kier alpha value is -0.000000000000000167. The normalized spacial score (nSPS) is 16.2. The van der Waals surface area contributed by atoms with Crippen molar-refractivity contribution in [3.05, 3.63) is 48.5 Å². The van der Waals surface area contributed by atoms with E-state index in [1.54, 1.807) is 14.2 Å². The molecule has 0 fully saturated rings. The highest BCUT2D eigenvalue weighted by molar-refractivity contribution is 8.70. The molecule has 0 bridgehead atoms. The van der Waals surface area contributed by atoms with Gasteiger partial charge < -0.3 is 9.47 Å². The molecule has 23 heavy (non-hydrogen) atoms. The van der Waals surface area contributed by atoms with E-state index in [-0.39, 0.29) is 0 Å². The Morgan fingerprint density at radius 3 is 1.43 bits per heavy atom. The fourth-order valence-corrected chi connectivity index (χ4v) is 12.8. The number of rotatable bonds is 6. The second kappa shape index (κ2) is 7.92. The Morgan fingerprint density at radius 2 is 1.09 bits per heavy atom. The first kappa shape index (κ1) is 19.3. The standard InChI is InChI=1S/C14H16O3P2S4/c1-15-11-7-3-5-9-13(11)18(20,21)17-19(22,23)14-10-6-4-8-12(14)16-2/h3-10H,1-2H3,(H,20,21)(H,22,23). The molecule has 0 amide bonds. The molecule has 0 saturated carbocycles. The van der Waals surface area contributed by atoms with Crippen molar-refractivity contribution in [3.63, 3.8) is 0 Å². The molecule has 0 N–H and O–H groups in total. The highest BCUT2D eigenvalue weighted by atomic mass is 32.9. The number of hydrogen-bond donors (Lipinski definition) is 2. The van der Waals surface area contributed by atoms with E-state index in [1.165, 1.54) is 0 Å². The quantitative estimate of drug-likeness (QED) is 0.539. The lowest BCUT2D eigenvalue weighted by atomic mass is 10.3. The molecule has 0 heterocycles. The third-order valence-corrected chi connectivity index (χ3v) is 11.7. The van der Waals surface area contributed by atoms with Crippen molar-refractivity contribution in [2.24, 2.45) is 0 Å². The van der Waals surface area contributed by atoms with Crippen molar-refractivity contribution >= 4 is 69.7 Å². The van der Waals surface area contributed by atoms with E-state index in [0.29, 0.717) is 11.5 Å². The predicted octanol–water partition coefficient (Wildman–Crippen LogP) is 4.15. The van der Waals surface area contributed by atoms with Crippen molar-refractivity contribution in [2.45, 2.75) is 0 Å². The molecule has 0 aliphatic heterocycles. The molecule has 9 heteroatoms. The summed E-state index contributed by atoms with van der Waals surface area (Å²) in [5, 5.41) is 1.44. The van der Waals surface area contributed by atoms with Crippen LogP contribution < -0.4 is 20.1 Å². The molecule has 0 aromatic heterocycles. The number of ether oxygens (including phenoxy) is 2. The maximum atomic E-state index is 6.10. The molecule has 2 unspecified atom stereocenters. The van der Waals surface area contributed by atoms with Gasteiger partial charge in [-0.1, -0.05) is 47.9 Å². The van der Waals surface area contributed by atoms with E-state index >= 15 is 0 Å². The highest BCUT2D eigenvalue weighted by Crippen LogP contribution is 2.69. The van der Waals surface area contributed by atoms with Crippen LogP contribution in [0.4, 0.5) is 0 Å². The molecule has 0 spiro atoms. The zero-order valence-electron chi connectivity index (χ0n) is 12.4. The maximum Gasteiger partial charge on any atom is 0.155 e. The van der Waals surface area contributed by atoms with Crippen molar-refractivity contribution in [2.75, 3.05) is 14.2 Å². The van der Waals surface area contributed by atoms with Gasteiger partial charge in [0, 0.05) is 0 Å². The van der Waals surface area contributed by atoms with Gasteiger partial charge in [0.1, 0.15) is 11.5 Å². The van der Waals surface area contributed by atoms with E-state index in [0.717, 1.165) is 10.6 Å². The monoisotopic (exact) mass is 422 g/mol. The Bertz CT molecular complexity index is 732. The number of hydrogen-bond acceptors (Lipinski definition) is 5. The third kappa shape index (κ3) is 4.55. The van der Waals surface area contributed by atoms with Crippen LogP contribution in [0.15, 0.2) is 48.5 Å². The van der Waals surface area contributed by atoms with Gasteiger partial charge in [-0.2, -0.15) is 0 Å². The SMILES string of the molecule is COc1ccccc1P(=S)(S)OP(=S)(S)c1ccccc1OC. The molecule has 0 aliphatic carbocycles. The van der Waals surface area contributed by atoms with Gasteiger partial charge in [-0.3, -0.25) is 4.31 Å². The highest BCUT2D eigenvalue weighted by Gasteiger charge is 2.30. The van der Waals surface area contributed by atoms with Gasteiger partial charge in [-0.05, 0) is 24.3 Å². The molecule has 0 radical (unpaired) electrons. The minimum absolute atomic E-state index is 0.634. The van der Waals surface area contributed by atoms with Gasteiger partial charge in [0.25, 0.3) is 0 Å². The average Bonchev–Trinajstić information content (AvgIpc) is 2.53. The van der Waals surface area contributed by atoms with E-state index in [1.807, 2.05) is 48.5 Å². The van der Waals surface area contributed by atoms with Gasteiger partial charge in [-0.25, -0.2) is 0 Å².